The fraction of sp³-hybridized carbons (Fsp3) is 0.500. The molecule has 1 fully saturated rings. The molecule has 0 spiro atoms. The van der Waals surface area contributed by atoms with Gasteiger partial charge in [-0.15, -0.1) is 0 Å². The molecule has 1 aliphatic carbocycles. The number of phenols is 1. The number of halogens is 2. The molecule has 94 valence electrons. The van der Waals surface area contributed by atoms with Crippen molar-refractivity contribution in [1.29, 1.82) is 0 Å². The first kappa shape index (κ1) is 13.3. The summed E-state index contributed by atoms with van der Waals surface area (Å²) in [5.41, 5.74) is 6.61. The zero-order valence-electron chi connectivity index (χ0n) is 9.24. The average Bonchev–Trinajstić information content (AvgIpc) is 2.19. The fourth-order valence-corrected chi connectivity index (χ4v) is 3.36. The van der Waals surface area contributed by atoms with E-state index in [0.717, 1.165) is 23.7 Å². The van der Waals surface area contributed by atoms with Gasteiger partial charge in [0.15, 0.2) is 0 Å². The zero-order valence-corrected chi connectivity index (χ0v) is 12.4. The highest BCUT2D eigenvalue weighted by molar-refractivity contribution is 9.11. The van der Waals surface area contributed by atoms with Crippen molar-refractivity contribution < 1.29 is 10.2 Å². The Kier molecular flexibility index (Phi) is 4.13. The van der Waals surface area contributed by atoms with E-state index in [1.54, 1.807) is 12.1 Å². The third-order valence-corrected chi connectivity index (χ3v) is 4.48. The van der Waals surface area contributed by atoms with Gasteiger partial charge in [0.05, 0.1) is 16.6 Å². The Morgan fingerprint density at radius 1 is 1.29 bits per heavy atom. The van der Waals surface area contributed by atoms with E-state index >= 15 is 0 Å². The Morgan fingerprint density at radius 2 is 1.94 bits per heavy atom. The summed E-state index contributed by atoms with van der Waals surface area (Å²) in [6.45, 7) is 0. The first-order valence-corrected chi connectivity index (χ1v) is 7.21. The highest BCUT2D eigenvalue weighted by atomic mass is 79.9. The molecule has 2 atom stereocenters. The number of hydrogen-bond acceptors (Lipinski definition) is 3. The van der Waals surface area contributed by atoms with Crippen LogP contribution in [0.1, 0.15) is 30.9 Å². The van der Waals surface area contributed by atoms with Gasteiger partial charge in [-0.2, -0.15) is 0 Å². The highest BCUT2D eigenvalue weighted by Gasteiger charge is 2.32. The van der Waals surface area contributed by atoms with E-state index in [4.69, 9.17) is 5.73 Å². The fourth-order valence-electron chi connectivity index (χ4n) is 2.10. The summed E-state index contributed by atoms with van der Waals surface area (Å²) in [4.78, 5) is 0. The van der Waals surface area contributed by atoms with Crippen molar-refractivity contribution >= 4 is 31.9 Å². The molecule has 0 bridgehead atoms. The summed E-state index contributed by atoms with van der Waals surface area (Å²) in [5.74, 6) is 0.376. The molecule has 1 aliphatic rings. The maximum absolute atomic E-state index is 10.1. The molecular formula is C12H15Br2NO2. The molecule has 1 aromatic carbocycles. The van der Waals surface area contributed by atoms with E-state index in [0.29, 0.717) is 10.0 Å². The summed E-state index contributed by atoms with van der Waals surface area (Å²) in [6, 6.07) is 2.96. The van der Waals surface area contributed by atoms with E-state index in [1.807, 2.05) is 0 Å². The SMILES string of the molecule is N[C@@H](c1cc(Br)cc(Br)c1O)[C@H](O)C1CCC1. The quantitative estimate of drug-likeness (QED) is 0.772. The first-order valence-electron chi connectivity index (χ1n) is 5.62. The Labute approximate surface area is 117 Å². The van der Waals surface area contributed by atoms with Crippen molar-refractivity contribution in [3.63, 3.8) is 0 Å². The summed E-state index contributed by atoms with van der Waals surface area (Å²) >= 11 is 6.62. The molecule has 1 saturated carbocycles. The molecule has 3 nitrogen and oxygen atoms in total. The molecule has 17 heavy (non-hydrogen) atoms. The predicted octanol–water partition coefficient (Wildman–Crippen LogP) is 3.08. The minimum absolute atomic E-state index is 0.110. The Bertz CT molecular complexity index is 421. The first-order chi connectivity index (χ1) is 8.00. The van der Waals surface area contributed by atoms with E-state index < -0.39 is 12.1 Å². The van der Waals surface area contributed by atoms with Gasteiger partial charge < -0.3 is 15.9 Å². The van der Waals surface area contributed by atoms with Crippen molar-refractivity contribution in [3.8, 4) is 5.75 Å². The van der Waals surface area contributed by atoms with Gasteiger partial charge in [0, 0.05) is 10.0 Å². The number of hydrogen-bond donors (Lipinski definition) is 3. The molecular weight excluding hydrogens is 350 g/mol. The van der Waals surface area contributed by atoms with Crippen LogP contribution in [0.3, 0.4) is 0 Å². The number of phenolic OH excluding ortho intramolecular Hbond substituents is 1. The van der Waals surface area contributed by atoms with Gasteiger partial charge in [-0.3, -0.25) is 0 Å². The van der Waals surface area contributed by atoms with Crippen molar-refractivity contribution in [2.24, 2.45) is 11.7 Å². The van der Waals surface area contributed by atoms with Crippen LogP contribution in [-0.2, 0) is 0 Å². The topological polar surface area (TPSA) is 66.5 Å². The summed E-state index contributed by atoms with van der Waals surface area (Å²) in [6.07, 6.45) is 2.61. The molecule has 1 aromatic rings. The van der Waals surface area contributed by atoms with Gasteiger partial charge in [-0.05, 0) is 46.8 Å². The Morgan fingerprint density at radius 3 is 2.47 bits per heavy atom. The van der Waals surface area contributed by atoms with Crippen LogP contribution in [-0.4, -0.2) is 16.3 Å². The average molecular weight is 365 g/mol. The van der Waals surface area contributed by atoms with Crippen LogP contribution in [0.4, 0.5) is 0 Å². The van der Waals surface area contributed by atoms with Gasteiger partial charge in [0.25, 0.3) is 0 Å². The third-order valence-electron chi connectivity index (χ3n) is 3.42. The lowest BCUT2D eigenvalue weighted by atomic mass is 9.77. The molecule has 0 aromatic heterocycles. The van der Waals surface area contributed by atoms with Crippen LogP contribution < -0.4 is 5.73 Å². The maximum Gasteiger partial charge on any atom is 0.134 e. The Hall–Kier alpha value is -0.100. The summed E-state index contributed by atoms with van der Waals surface area (Å²) < 4.78 is 1.41. The maximum atomic E-state index is 10.1. The second-order valence-corrected chi connectivity index (χ2v) is 6.30. The van der Waals surface area contributed by atoms with E-state index in [9.17, 15) is 10.2 Å². The van der Waals surface area contributed by atoms with Crippen molar-refractivity contribution in [1.82, 2.24) is 0 Å². The molecule has 0 unspecified atom stereocenters. The van der Waals surface area contributed by atoms with Gasteiger partial charge in [-0.1, -0.05) is 22.4 Å². The number of benzene rings is 1. The summed E-state index contributed by atoms with van der Waals surface area (Å²) in [7, 11) is 0. The number of aliphatic hydroxyl groups excluding tert-OH is 1. The standard InChI is InChI=1S/C12H15Br2NO2/c13-7-4-8(12(17)9(14)5-7)10(15)11(16)6-2-1-3-6/h4-6,10-11,16-17H,1-3,15H2/t10-,11+/m0/s1. The van der Waals surface area contributed by atoms with Gasteiger partial charge in [0.2, 0.25) is 0 Å². The molecule has 0 radical (unpaired) electrons. The highest BCUT2D eigenvalue weighted by Crippen LogP contribution is 2.39. The minimum atomic E-state index is -0.587. The normalized spacial score (nSPS) is 19.8. The molecule has 0 aliphatic heterocycles. The molecule has 0 heterocycles. The number of rotatable bonds is 3. The second-order valence-electron chi connectivity index (χ2n) is 4.53. The molecule has 4 N–H and O–H groups in total. The zero-order chi connectivity index (χ0) is 12.6. The van der Waals surface area contributed by atoms with E-state index in [-0.39, 0.29) is 11.7 Å². The molecule has 5 heteroatoms. The largest absolute Gasteiger partial charge is 0.506 e. The second kappa shape index (κ2) is 5.26. The van der Waals surface area contributed by atoms with Gasteiger partial charge in [0.1, 0.15) is 5.75 Å². The van der Waals surface area contributed by atoms with Crippen LogP contribution in [0, 0.1) is 5.92 Å². The van der Waals surface area contributed by atoms with Crippen molar-refractivity contribution in [2.75, 3.05) is 0 Å². The van der Waals surface area contributed by atoms with Crippen LogP contribution in [0.5, 0.6) is 5.75 Å². The minimum Gasteiger partial charge on any atom is -0.506 e. The van der Waals surface area contributed by atoms with Crippen LogP contribution in [0.15, 0.2) is 21.1 Å². The lowest BCUT2D eigenvalue weighted by molar-refractivity contribution is 0.0407. The lowest BCUT2D eigenvalue weighted by Crippen LogP contribution is -2.36. The molecule has 2 rings (SSSR count). The van der Waals surface area contributed by atoms with E-state index in [1.165, 1.54) is 0 Å². The predicted molar refractivity (Wildman–Crippen MR) is 73.8 cm³/mol. The van der Waals surface area contributed by atoms with Crippen molar-refractivity contribution in [2.45, 2.75) is 31.4 Å². The smallest absolute Gasteiger partial charge is 0.134 e. The number of aromatic hydroxyl groups is 1. The monoisotopic (exact) mass is 363 g/mol. The third kappa shape index (κ3) is 2.67. The lowest BCUT2D eigenvalue weighted by Gasteiger charge is -2.34. The molecule has 0 amide bonds. The van der Waals surface area contributed by atoms with Crippen LogP contribution in [0.25, 0.3) is 0 Å². The van der Waals surface area contributed by atoms with Crippen molar-refractivity contribution in [3.05, 3.63) is 26.6 Å². The van der Waals surface area contributed by atoms with E-state index in [2.05, 4.69) is 31.9 Å². The number of nitrogens with two attached hydrogens (primary N) is 1. The number of aliphatic hydroxyl groups is 1. The van der Waals surface area contributed by atoms with Crippen LogP contribution >= 0.6 is 31.9 Å². The summed E-state index contributed by atoms with van der Waals surface area (Å²) in [5, 5.41) is 20.1. The Balaban J connectivity index is 2.26. The van der Waals surface area contributed by atoms with Gasteiger partial charge in [-0.25, -0.2) is 0 Å². The van der Waals surface area contributed by atoms with Crippen LogP contribution in [0.2, 0.25) is 0 Å². The van der Waals surface area contributed by atoms with Gasteiger partial charge >= 0.3 is 0 Å². The molecule has 0 saturated heterocycles.